The molecule has 0 fully saturated rings. The van der Waals surface area contributed by atoms with E-state index in [0.29, 0.717) is 0 Å². The van der Waals surface area contributed by atoms with Crippen molar-refractivity contribution in [3.63, 3.8) is 0 Å². The molecule has 3 aromatic rings. The van der Waals surface area contributed by atoms with E-state index >= 15 is 0 Å². The number of carbonyl (C=O) groups is 2. The summed E-state index contributed by atoms with van der Waals surface area (Å²) in [6, 6.07) is 9.58. The highest BCUT2D eigenvalue weighted by Crippen LogP contribution is 2.23. The Morgan fingerprint density at radius 2 is 2.04 bits per heavy atom. The number of amides is 2. The van der Waals surface area contributed by atoms with Gasteiger partial charge >= 0.3 is 0 Å². The number of para-hydroxylation sites is 1. The molecule has 0 saturated heterocycles. The third-order valence-electron chi connectivity index (χ3n) is 3.87. The van der Waals surface area contributed by atoms with Crippen molar-refractivity contribution in [1.29, 1.82) is 0 Å². The number of anilines is 1. The zero-order chi connectivity index (χ0) is 18.7. The first kappa shape index (κ1) is 17.8. The molecule has 0 radical (unpaired) electrons. The maximum absolute atomic E-state index is 12.6. The van der Waals surface area contributed by atoms with Crippen molar-refractivity contribution in [2.45, 2.75) is 19.4 Å². The topological polar surface area (TPSA) is 107 Å². The lowest BCUT2D eigenvalue weighted by Gasteiger charge is -2.17. The first-order valence-corrected chi connectivity index (χ1v) is 8.30. The zero-order valence-corrected chi connectivity index (χ0v) is 14.7. The average Bonchev–Trinajstić information content (AvgIpc) is 3.00. The van der Waals surface area contributed by atoms with Crippen LogP contribution < -0.4 is 10.6 Å². The highest BCUT2D eigenvalue weighted by Gasteiger charge is 2.23. The number of hydrogen-bond donors (Lipinski definition) is 4. The van der Waals surface area contributed by atoms with Crippen LogP contribution in [0.1, 0.15) is 12.5 Å². The van der Waals surface area contributed by atoms with Gasteiger partial charge in [0, 0.05) is 30.4 Å². The van der Waals surface area contributed by atoms with E-state index in [0.717, 1.165) is 16.5 Å². The van der Waals surface area contributed by atoms with Crippen molar-refractivity contribution >= 4 is 40.1 Å². The van der Waals surface area contributed by atoms with Crippen LogP contribution >= 0.6 is 11.6 Å². The maximum Gasteiger partial charge on any atom is 0.248 e. The number of nitrogens with zero attached hydrogens (tertiary/aromatic N) is 1. The molecule has 0 spiro atoms. The van der Waals surface area contributed by atoms with Crippen LogP contribution in [-0.4, -0.2) is 32.9 Å². The van der Waals surface area contributed by atoms with Crippen molar-refractivity contribution in [3.05, 3.63) is 53.3 Å². The van der Waals surface area contributed by atoms with Crippen LogP contribution in [0, 0.1) is 0 Å². The monoisotopic (exact) mass is 372 g/mol. The minimum absolute atomic E-state index is 0.0585. The van der Waals surface area contributed by atoms with E-state index in [9.17, 15) is 14.7 Å². The minimum atomic E-state index is -0.841. The highest BCUT2D eigenvalue weighted by atomic mass is 35.5. The quantitative estimate of drug-likeness (QED) is 0.516. The average molecular weight is 373 g/mol. The first-order valence-electron chi connectivity index (χ1n) is 7.92. The number of halogens is 1. The Balaban J connectivity index is 1.84. The van der Waals surface area contributed by atoms with E-state index in [1.54, 1.807) is 0 Å². The number of benzene rings is 1. The van der Waals surface area contributed by atoms with E-state index in [1.807, 2.05) is 30.5 Å². The van der Waals surface area contributed by atoms with Gasteiger partial charge in [-0.1, -0.05) is 29.8 Å². The predicted molar refractivity (Wildman–Crippen MR) is 99.1 cm³/mol. The molecule has 3 rings (SSSR count). The lowest BCUT2D eigenvalue weighted by molar-refractivity contribution is -0.125. The number of carbonyl (C=O) groups excluding carboxylic acids is 2. The molecule has 0 aliphatic carbocycles. The Kier molecular flexibility index (Phi) is 5.09. The summed E-state index contributed by atoms with van der Waals surface area (Å²) in [5, 5.41) is 16.1. The zero-order valence-electron chi connectivity index (χ0n) is 13.9. The summed E-state index contributed by atoms with van der Waals surface area (Å²) in [6.07, 6.45) is 2.08. The summed E-state index contributed by atoms with van der Waals surface area (Å²) in [5.74, 6) is -1.11. The molecule has 0 bridgehead atoms. The number of rotatable bonds is 5. The molecule has 8 heteroatoms. The fourth-order valence-electron chi connectivity index (χ4n) is 2.70. The van der Waals surface area contributed by atoms with Gasteiger partial charge in [0.1, 0.15) is 11.2 Å². The fraction of sp³-hybridized carbons (Fsp3) is 0.167. The van der Waals surface area contributed by atoms with Gasteiger partial charge in [-0.15, -0.1) is 0 Å². The lowest BCUT2D eigenvalue weighted by atomic mass is 10.0. The second kappa shape index (κ2) is 7.45. The van der Waals surface area contributed by atoms with Crippen LogP contribution in [0.25, 0.3) is 10.9 Å². The van der Waals surface area contributed by atoms with Crippen molar-refractivity contribution in [2.24, 2.45) is 0 Å². The molecule has 26 heavy (non-hydrogen) atoms. The van der Waals surface area contributed by atoms with Crippen molar-refractivity contribution in [3.8, 4) is 5.75 Å². The minimum Gasteiger partial charge on any atom is -0.504 e. The van der Waals surface area contributed by atoms with Crippen LogP contribution in [-0.2, 0) is 16.0 Å². The Morgan fingerprint density at radius 3 is 2.81 bits per heavy atom. The molecule has 4 N–H and O–H groups in total. The number of hydrogen-bond acceptors (Lipinski definition) is 4. The smallest absolute Gasteiger partial charge is 0.248 e. The van der Waals surface area contributed by atoms with Crippen molar-refractivity contribution < 1.29 is 14.7 Å². The molecule has 0 aliphatic rings. The van der Waals surface area contributed by atoms with Gasteiger partial charge in [0.05, 0.1) is 0 Å². The van der Waals surface area contributed by atoms with Gasteiger partial charge < -0.3 is 20.7 Å². The van der Waals surface area contributed by atoms with Crippen LogP contribution in [0.15, 0.2) is 42.6 Å². The van der Waals surface area contributed by atoms with E-state index in [1.165, 1.54) is 19.1 Å². The standard InChI is InChI=1S/C18H17ClN4O3/c1-10(24)21-14(8-11-9-20-13-5-3-2-4-12(11)13)18(26)23-17-15(25)6-7-16(19)22-17/h2-7,9,14,20,25H,8H2,1H3,(H,21,24)(H,22,23,26)/t14-/m1/s1. The second-order valence-electron chi connectivity index (χ2n) is 5.81. The van der Waals surface area contributed by atoms with E-state index < -0.39 is 11.9 Å². The summed E-state index contributed by atoms with van der Waals surface area (Å²) in [4.78, 5) is 31.2. The molecular weight excluding hydrogens is 356 g/mol. The first-order chi connectivity index (χ1) is 12.4. The van der Waals surface area contributed by atoms with E-state index in [2.05, 4.69) is 20.6 Å². The number of aromatic nitrogens is 2. The third-order valence-corrected chi connectivity index (χ3v) is 4.09. The normalized spacial score (nSPS) is 11.9. The van der Waals surface area contributed by atoms with Crippen LogP contribution in [0.4, 0.5) is 5.82 Å². The number of pyridine rings is 1. The summed E-state index contributed by atoms with van der Waals surface area (Å²) >= 11 is 5.80. The molecule has 0 saturated carbocycles. The SMILES string of the molecule is CC(=O)N[C@H](Cc1c[nH]c2ccccc12)C(=O)Nc1nc(Cl)ccc1O. The number of nitrogens with one attached hydrogen (secondary N) is 3. The maximum atomic E-state index is 12.6. The van der Waals surface area contributed by atoms with Crippen molar-refractivity contribution in [2.75, 3.05) is 5.32 Å². The Bertz CT molecular complexity index is 970. The van der Waals surface area contributed by atoms with Gasteiger partial charge in [-0.3, -0.25) is 9.59 Å². The van der Waals surface area contributed by atoms with E-state index in [-0.39, 0.29) is 29.0 Å². The Hall–Kier alpha value is -3.06. The fourth-order valence-corrected chi connectivity index (χ4v) is 2.85. The summed E-state index contributed by atoms with van der Waals surface area (Å²) < 4.78 is 0. The molecule has 134 valence electrons. The van der Waals surface area contributed by atoms with Gasteiger partial charge in [0.2, 0.25) is 11.8 Å². The predicted octanol–water partition coefficient (Wildman–Crippen LogP) is 2.61. The van der Waals surface area contributed by atoms with E-state index in [4.69, 9.17) is 11.6 Å². The molecular formula is C18H17ClN4O3. The Labute approximate surface area is 154 Å². The van der Waals surface area contributed by atoms with Gasteiger partial charge in [0.25, 0.3) is 0 Å². The summed E-state index contributed by atoms with van der Waals surface area (Å²) in [6.45, 7) is 1.34. The summed E-state index contributed by atoms with van der Waals surface area (Å²) in [7, 11) is 0. The summed E-state index contributed by atoms with van der Waals surface area (Å²) in [5.41, 5.74) is 1.83. The lowest BCUT2D eigenvalue weighted by Crippen LogP contribution is -2.44. The van der Waals surface area contributed by atoms with Crippen LogP contribution in [0.2, 0.25) is 5.15 Å². The number of aromatic hydroxyl groups is 1. The molecule has 2 amide bonds. The third kappa shape index (κ3) is 3.94. The second-order valence-corrected chi connectivity index (χ2v) is 6.19. The van der Waals surface area contributed by atoms with Crippen LogP contribution in [0.3, 0.4) is 0 Å². The molecule has 0 unspecified atom stereocenters. The highest BCUT2D eigenvalue weighted by molar-refractivity contribution is 6.29. The number of fused-ring (bicyclic) bond motifs is 1. The molecule has 2 aromatic heterocycles. The molecule has 0 aliphatic heterocycles. The van der Waals surface area contributed by atoms with Gasteiger partial charge in [-0.25, -0.2) is 4.98 Å². The van der Waals surface area contributed by atoms with Crippen molar-refractivity contribution in [1.82, 2.24) is 15.3 Å². The van der Waals surface area contributed by atoms with Gasteiger partial charge in [-0.05, 0) is 23.8 Å². The van der Waals surface area contributed by atoms with Gasteiger partial charge in [-0.2, -0.15) is 0 Å². The van der Waals surface area contributed by atoms with Gasteiger partial charge in [0.15, 0.2) is 11.6 Å². The Morgan fingerprint density at radius 1 is 1.27 bits per heavy atom. The molecule has 1 aromatic carbocycles. The number of aromatic amines is 1. The molecule has 7 nitrogen and oxygen atoms in total. The van der Waals surface area contributed by atoms with Crippen LogP contribution in [0.5, 0.6) is 5.75 Å². The molecule has 1 atom stereocenters. The number of H-pyrrole nitrogens is 1. The largest absolute Gasteiger partial charge is 0.504 e. The molecule has 2 heterocycles.